The van der Waals surface area contributed by atoms with Gasteiger partial charge in [0.25, 0.3) is 0 Å². The highest BCUT2D eigenvalue weighted by Crippen LogP contribution is 2.19. The number of aliphatic imine (C=N–C) groups is 1. The lowest BCUT2D eigenvalue weighted by atomic mass is 9.97. The van der Waals surface area contributed by atoms with E-state index in [1.54, 1.807) is 7.05 Å². The van der Waals surface area contributed by atoms with E-state index in [0.29, 0.717) is 32.8 Å². The van der Waals surface area contributed by atoms with E-state index in [-0.39, 0.29) is 35.8 Å². The van der Waals surface area contributed by atoms with Crippen LogP contribution in [0.25, 0.3) is 0 Å². The van der Waals surface area contributed by atoms with Gasteiger partial charge in [0.1, 0.15) is 0 Å². The maximum atomic E-state index is 13.1. The van der Waals surface area contributed by atoms with Crippen molar-refractivity contribution in [2.45, 2.75) is 18.8 Å². The first-order valence-electron chi connectivity index (χ1n) is 9.61. The second-order valence-corrected chi connectivity index (χ2v) is 6.68. The van der Waals surface area contributed by atoms with Gasteiger partial charge in [0, 0.05) is 40.3 Å². The lowest BCUT2D eigenvalue weighted by molar-refractivity contribution is -0.136. The molecule has 0 bridgehead atoms. The molecule has 156 valence electrons. The zero-order chi connectivity index (χ0) is 19.5. The summed E-state index contributed by atoms with van der Waals surface area (Å²) in [5.74, 6) is 0.694. The van der Waals surface area contributed by atoms with E-state index in [4.69, 9.17) is 4.74 Å². The molecule has 1 aromatic rings. The molecule has 6 nitrogen and oxygen atoms in total. The predicted molar refractivity (Wildman–Crippen MR) is 125 cm³/mol. The molecule has 1 aliphatic rings. The number of carbonyl (C=O) groups is 1. The Kier molecular flexibility index (Phi) is 11.8. The topological polar surface area (TPSA) is 57.2 Å². The zero-order valence-electron chi connectivity index (χ0n) is 17.0. The molecular formula is C21H33IN4O2. The van der Waals surface area contributed by atoms with Gasteiger partial charge in [-0.15, -0.1) is 30.6 Å². The monoisotopic (exact) mass is 500 g/mol. The summed E-state index contributed by atoms with van der Waals surface area (Å²) in [6.07, 6.45) is 3.93. The van der Waals surface area contributed by atoms with E-state index in [2.05, 4.69) is 21.8 Å². The summed E-state index contributed by atoms with van der Waals surface area (Å²) in [6, 6.07) is 9.96. The molecule has 7 heteroatoms. The molecule has 1 atom stereocenters. The van der Waals surface area contributed by atoms with Crippen LogP contribution in [0.4, 0.5) is 0 Å². The minimum atomic E-state index is -0.248. The van der Waals surface area contributed by atoms with Gasteiger partial charge in [-0.05, 0) is 18.4 Å². The second-order valence-electron chi connectivity index (χ2n) is 6.68. The number of ether oxygens (including phenoxy) is 1. The van der Waals surface area contributed by atoms with Crippen molar-refractivity contribution in [2.24, 2.45) is 4.99 Å². The first-order valence-corrected chi connectivity index (χ1v) is 9.61. The van der Waals surface area contributed by atoms with Crippen LogP contribution in [-0.4, -0.2) is 75.2 Å². The minimum Gasteiger partial charge on any atom is -0.378 e. The Labute approximate surface area is 186 Å². The van der Waals surface area contributed by atoms with Crippen LogP contribution in [-0.2, 0) is 9.53 Å². The molecule has 2 rings (SSSR count). The number of rotatable bonds is 8. The summed E-state index contributed by atoms with van der Waals surface area (Å²) in [6.45, 7) is 7.68. The Morgan fingerprint density at radius 1 is 1.36 bits per heavy atom. The van der Waals surface area contributed by atoms with Crippen LogP contribution in [0.1, 0.15) is 24.3 Å². The molecule has 0 radical (unpaired) electrons. The SMILES string of the molecule is C=CCCCN(C)C(=NC)NCC(C(=O)N1CCOCC1)c1ccccc1.I. The first kappa shape index (κ1) is 24.4. The van der Waals surface area contributed by atoms with Crippen molar-refractivity contribution < 1.29 is 9.53 Å². The van der Waals surface area contributed by atoms with Crippen LogP contribution in [0.2, 0.25) is 0 Å². The van der Waals surface area contributed by atoms with Gasteiger partial charge in [-0.2, -0.15) is 0 Å². The van der Waals surface area contributed by atoms with Crippen LogP contribution in [0.15, 0.2) is 48.0 Å². The molecular weight excluding hydrogens is 467 g/mol. The Balaban J connectivity index is 0.00000392. The lowest BCUT2D eigenvalue weighted by Crippen LogP contribution is -2.47. The Hall–Kier alpha value is -1.61. The van der Waals surface area contributed by atoms with Crippen molar-refractivity contribution in [3.8, 4) is 0 Å². The zero-order valence-corrected chi connectivity index (χ0v) is 19.3. The quantitative estimate of drug-likeness (QED) is 0.196. The highest BCUT2D eigenvalue weighted by Gasteiger charge is 2.27. The van der Waals surface area contributed by atoms with E-state index >= 15 is 0 Å². The molecule has 0 aromatic heterocycles. The molecule has 1 fully saturated rings. The van der Waals surface area contributed by atoms with Crippen molar-refractivity contribution >= 4 is 35.8 Å². The van der Waals surface area contributed by atoms with Gasteiger partial charge < -0.3 is 19.9 Å². The average molecular weight is 500 g/mol. The Morgan fingerprint density at radius 3 is 2.64 bits per heavy atom. The third-order valence-electron chi connectivity index (χ3n) is 4.76. The molecule has 1 unspecified atom stereocenters. The number of hydrogen-bond acceptors (Lipinski definition) is 3. The van der Waals surface area contributed by atoms with Gasteiger partial charge in [0.15, 0.2) is 5.96 Å². The number of amides is 1. The maximum absolute atomic E-state index is 13.1. The molecule has 1 N–H and O–H groups in total. The molecule has 0 saturated carbocycles. The lowest BCUT2D eigenvalue weighted by Gasteiger charge is -2.31. The highest BCUT2D eigenvalue weighted by molar-refractivity contribution is 14.0. The standard InChI is InChI=1S/C21H32N4O2.HI/c1-4-5-9-12-24(3)21(22-2)23-17-19(18-10-7-6-8-11-18)20(26)25-13-15-27-16-14-25;/h4,6-8,10-11,19H,1,5,9,12-17H2,2-3H3,(H,22,23);1H. The van der Waals surface area contributed by atoms with Crippen LogP contribution in [0.5, 0.6) is 0 Å². The summed E-state index contributed by atoms with van der Waals surface area (Å²) in [4.78, 5) is 21.5. The van der Waals surface area contributed by atoms with Gasteiger partial charge in [-0.1, -0.05) is 36.4 Å². The third kappa shape index (κ3) is 7.43. The van der Waals surface area contributed by atoms with E-state index in [0.717, 1.165) is 30.9 Å². The van der Waals surface area contributed by atoms with Crippen LogP contribution in [0, 0.1) is 0 Å². The van der Waals surface area contributed by atoms with Gasteiger partial charge in [-0.25, -0.2) is 0 Å². The number of benzene rings is 1. The van der Waals surface area contributed by atoms with E-state index < -0.39 is 0 Å². The van der Waals surface area contributed by atoms with Gasteiger partial charge >= 0.3 is 0 Å². The fourth-order valence-electron chi connectivity index (χ4n) is 3.19. The molecule has 1 aromatic carbocycles. The summed E-state index contributed by atoms with van der Waals surface area (Å²) < 4.78 is 5.39. The fraction of sp³-hybridized carbons (Fsp3) is 0.524. The number of guanidine groups is 1. The van der Waals surface area contributed by atoms with Crippen LogP contribution < -0.4 is 5.32 Å². The number of morpholine rings is 1. The van der Waals surface area contributed by atoms with E-state index in [1.807, 2.05) is 48.4 Å². The number of nitrogens with one attached hydrogen (secondary N) is 1. The van der Waals surface area contributed by atoms with Crippen molar-refractivity contribution in [1.82, 2.24) is 15.1 Å². The average Bonchev–Trinajstić information content (AvgIpc) is 2.72. The largest absolute Gasteiger partial charge is 0.378 e. The summed E-state index contributed by atoms with van der Waals surface area (Å²) >= 11 is 0. The third-order valence-corrected chi connectivity index (χ3v) is 4.76. The molecule has 1 aliphatic heterocycles. The molecule has 0 spiro atoms. The van der Waals surface area contributed by atoms with Gasteiger partial charge in [0.2, 0.25) is 5.91 Å². The number of allylic oxidation sites excluding steroid dienone is 1. The van der Waals surface area contributed by atoms with Crippen LogP contribution in [0.3, 0.4) is 0 Å². The predicted octanol–water partition coefficient (Wildman–Crippen LogP) is 2.72. The number of carbonyl (C=O) groups excluding carboxylic acids is 1. The molecule has 1 heterocycles. The smallest absolute Gasteiger partial charge is 0.232 e. The molecule has 0 aliphatic carbocycles. The van der Waals surface area contributed by atoms with Crippen molar-refractivity contribution in [3.63, 3.8) is 0 Å². The minimum absolute atomic E-state index is 0. The summed E-state index contributed by atoms with van der Waals surface area (Å²) in [7, 11) is 3.79. The maximum Gasteiger partial charge on any atom is 0.232 e. The first-order chi connectivity index (χ1) is 13.2. The number of hydrogen-bond donors (Lipinski definition) is 1. The van der Waals surface area contributed by atoms with Crippen molar-refractivity contribution in [2.75, 3.05) is 53.5 Å². The molecule has 28 heavy (non-hydrogen) atoms. The summed E-state index contributed by atoms with van der Waals surface area (Å²) in [5.41, 5.74) is 1.02. The van der Waals surface area contributed by atoms with Crippen molar-refractivity contribution in [3.05, 3.63) is 48.6 Å². The van der Waals surface area contributed by atoms with E-state index in [9.17, 15) is 4.79 Å². The Bertz CT molecular complexity index is 618. The molecule has 1 saturated heterocycles. The van der Waals surface area contributed by atoms with Gasteiger partial charge in [-0.3, -0.25) is 9.79 Å². The second kappa shape index (κ2) is 13.5. The Morgan fingerprint density at radius 2 is 2.04 bits per heavy atom. The van der Waals surface area contributed by atoms with Crippen LogP contribution >= 0.6 is 24.0 Å². The number of nitrogens with zero attached hydrogens (tertiary/aromatic N) is 3. The molecule has 1 amide bonds. The number of unbranched alkanes of at least 4 members (excludes halogenated alkanes) is 1. The van der Waals surface area contributed by atoms with Gasteiger partial charge in [0.05, 0.1) is 19.1 Å². The summed E-state index contributed by atoms with van der Waals surface area (Å²) in [5, 5.41) is 3.39. The van der Waals surface area contributed by atoms with Crippen molar-refractivity contribution in [1.29, 1.82) is 0 Å². The normalized spacial score (nSPS) is 15.4. The highest BCUT2D eigenvalue weighted by atomic mass is 127. The fourth-order valence-corrected chi connectivity index (χ4v) is 3.19. The van der Waals surface area contributed by atoms with E-state index in [1.165, 1.54) is 0 Å². The number of halogens is 1.